The Balaban J connectivity index is 0.000000136. The lowest BCUT2D eigenvalue weighted by molar-refractivity contribution is 0.0998. The minimum Gasteiger partial charge on any atom is -0.457 e. The highest BCUT2D eigenvalue weighted by Gasteiger charge is 2.08. The topological polar surface area (TPSA) is 76.4 Å². The summed E-state index contributed by atoms with van der Waals surface area (Å²) in [6.45, 7) is 0. The lowest BCUT2D eigenvalue weighted by Crippen LogP contribution is -2.11. The van der Waals surface area contributed by atoms with E-state index in [4.69, 9.17) is 10.5 Å². The highest BCUT2D eigenvalue weighted by Crippen LogP contribution is 2.24. The number of anilines is 2. The summed E-state index contributed by atoms with van der Waals surface area (Å²) in [6.07, 6.45) is 16.1. The molecule has 5 nitrogen and oxygen atoms in total. The van der Waals surface area contributed by atoms with Gasteiger partial charge in [0.2, 0.25) is 0 Å². The highest BCUT2D eigenvalue weighted by molar-refractivity contribution is 5.95. The number of para-hydroxylation sites is 4. The number of rotatable bonds is 3. The third kappa shape index (κ3) is 7.60. The van der Waals surface area contributed by atoms with E-state index in [0.717, 1.165) is 11.4 Å². The van der Waals surface area contributed by atoms with Crippen LogP contribution in [0.25, 0.3) is 12.2 Å². The second-order valence-corrected chi connectivity index (χ2v) is 8.18. The first-order chi connectivity index (χ1) is 18.7. The molecule has 0 bridgehead atoms. The van der Waals surface area contributed by atoms with E-state index in [0.29, 0.717) is 17.1 Å². The van der Waals surface area contributed by atoms with Gasteiger partial charge in [-0.15, -0.1) is 0 Å². The van der Waals surface area contributed by atoms with Gasteiger partial charge in [-0.25, -0.2) is 0 Å². The lowest BCUT2D eigenvalue weighted by Gasteiger charge is -2.08. The Morgan fingerprint density at radius 2 is 1.08 bits per heavy atom. The van der Waals surface area contributed by atoms with Crippen molar-refractivity contribution in [3.8, 4) is 11.5 Å². The van der Waals surface area contributed by atoms with Crippen LogP contribution in [0.1, 0.15) is 21.5 Å². The maximum Gasteiger partial charge on any atom is 0.252 e. The molecule has 2 heterocycles. The van der Waals surface area contributed by atoms with Crippen LogP contribution in [0.2, 0.25) is 0 Å². The van der Waals surface area contributed by atoms with Crippen LogP contribution in [0.4, 0.5) is 11.4 Å². The zero-order valence-electron chi connectivity index (χ0n) is 20.8. The fourth-order valence-corrected chi connectivity index (χ4v) is 3.63. The molecule has 0 spiro atoms. The Morgan fingerprint density at radius 3 is 1.66 bits per heavy atom. The van der Waals surface area contributed by atoms with E-state index in [-0.39, 0.29) is 0 Å². The van der Waals surface area contributed by atoms with Gasteiger partial charge in [0.25, 0.3) is 5.91 Å². The van der Waals surface area contributed by atoms with Crippen molar-refractivity contribution in [3.63, 3.8) is 0 Å². The monoisotopic (exact) mass is 499 g/mol. The van der Waals surface area contributed by atoms with Crippen LogP contribution in [0.3, 0.4) is 0 Å². The van der Waals surface area contributed by atoms with Crippen molar-refractivity contribution < 1.29 is 9.53 Å². The minimum absolute atomic E-state index is 0.381. The molecule has 6 rings (SSSR count). The van der Waals surface area contributed by atoms with E-state index in [9.17, 15) is 4.79 Å². The first-order valence-corrected chi connectivity index (χ1v) is 12.2. The maximum absolute atomic E-state index is 11.2. The number of primary amides is 1. The van der Waals surface area contributed by atoms with Crippen molar-refractivity contribution in [1.82, 2.24) is 0 Å². The number of hydrogen-bond acceptors (Lipinski definition) is 4. The molecule has 0 aromatic heterocycles. The largest absolute Gasteiger partial charge is 0.457 e. The van der Waals surface area contributed by atoms with Gasteiger partial charge in [-0.05, 0) is 59.7 Å². The summed E-state index contributed by atoms with van der Waals surface area (Å²) in [7, 11) is 0. The van der Waals surface area contributed by atoms with Crippen LogP contribution in [-0.4, -0.2) is 5.91 Å². The van der Waals surface area contributed by atoms with Crippen molar-refractivity contribution in [2.75, 3.05) is 10.6 Å². The van der Waals surface area contributed by atoms with Crippen molar-refractivity contribution >= 4 is 29.4 Å². The van der Waals surface area contributed by atoms with Gasteiger partial charge in [-0.3, -0.25) is 4.79 Å². The molecule has 2 aliphatic heterocycles. The summed E-state index contributed by atoms with van der Waals surface area (Å²) >= 11 is 0. The molecule has 188 valence electrons. The van der Waals surface area contributed by atoms with Gasteiger partial charge in [0.15, 0.2) is 0 Å². The number of amides is 1. The molecule has 4 N–H and O–H groups in total. The molecule has 0 aliphatic carbocycles. The number of fused-ring (bicyclic) bond motifs is 2. The number of ether oxygens (including phenoxy) is 1. The standard InChI is InChI=1S/C13H11NO2.2C10H9N/c14-13(15)11-8-4-5-9-12(11)16-10-6-2-1-3-7-10;2*1-2-7-10-9(5-1)6-3-4-8-11-10/h1-9H,(H2,14,15);2*1-8,11H. The molecular weight excluding hydrogens is 470 g/mol. The van der Waals surface area contributed by atoms with Gasteiger partial charge in [0.05, 0.1) is 5.56 Å². The molecule has 0 unspecified atom stereocenters. The Hall–Kier alpha value is -5.29. The van der Waals surface area contributed by atoms with Gasteiger partial charge < -0.3 is 21.1 Å². The fourth-order valence-electron chi connectivity index (χ4n) is 3.63. The molecule has 0 atom stereocenters. The first kappa shape index (κ1) is 25.8. The lowest BCUT2D eigenvalue weighted by atomic mass is 10.2. The normalized spacial score (nSPS) is 11.9. The number of hydrogen-bond donors (Lipinski definition) is 3. The zero-order valence-corrected chi connectivity index (χ0v) is 20.8. The van der Waals surface area contributed by atoms with Crippen molar-refractivity contribution in [3.05, 3.63) is 157 Å². The van der Waals surface area contributed by atoms with Gasteiger partial charge in [-0.1, -0.05) is 91.0 Å². The quantitative estimate of drug-likeness (QED) is 0.268. The summed E-state index contributed by atoms with van der Waals surface area (Å²) in [5.41, 5.74) is 10.4. The SMILES string of the molecule is C1=CNc2ccccc2C=C1.C1=CNc2ccccc2C=C1.NC(=O)c1ccccc1Oc1ccccc1. The van der Waals surface area contributed by atoms with Crippen LogP contribution in [0.15, 0.2) is 140 Å². The molecule has 5 heteroatoms. The third-order valence-corrected chi connectivity index (χ3v) is 5.49. The predicted molar refractivity (Wildman–Crippen MR) is 158 cm³/mol. The van der Waals surface area contributed by atoms with Gasteiger partial charge in [-0.2, -0.15) is 0 Å². The number of carbonyl (C=O) groups excluding carboxylic acids is 1. The van der Waals surface area contributed by atoms with Crippen molar-refractivity contribution in [2.24, 2.45) is 5.73 Å². The first-order valence-electron chi connectivity index (χ1n) is 12.2. The Morgan fingerprint density at radius 1 is 0.579 bits per heavy atom. The average molecular weight is 500 g/mol. The van der Waals surface area contributed by atoms with E-state index in [1.54, 1.807) is 24.3 Å². The highest BCUT2D eigenvalue weighted by atomic mass is 16.5. The van der Waals surface area contributed by atoms with Crippen LogP contribution >= 0.6 is 0 Å². The number of benzene rings is 4. The fraction of sp³-hybridized carbons (Fsp3) is 0. The van der Waals surface area contributed by atoms with E-state index in [2.05, 4.69) is 47.1 Å². The van der Waals surface area contributed by atoms with Gasteiger partial charge >= 0.3 is 0 Å². The molecule has 4 aromatic rings. The van der Waals surface area contributed by atoms with Crippen LogP contribution in [-0.2, 0) is 0 Å². The predicted octanol–water partition coefficient (Wildman–Crippen LogP) is 7.86. The molecule has 0 saturated carbocycles. The van der Waals surface area contributed by atoms with Crippen molar-refractivity contribution in [2.45, 2.75) is 0 Å². The van der Waals surface area contributed by atoms with Gasteiger partial charge in [0.1, 0.15) is 11.5 Å². The van der Waals surface area contributed by atoms with Crippen molar-refractivity contribution in [1.29, 1.82) is 0 Å². The zero-order chi connectivity index (χ0) is 26.4. The number of nitrogens with two attached hydrogens (primary N) is 1. The summed E-state index contributed by atoms with van der Waals surface area (Å²) in [6, 6.07) is 32.6. The number of nitrogens with one attached hydrogen (secondary N) is 2. The smallest absolute Gasteiger partial charge is 0.252 e. The third-order valence-electron chi connectivity index (χ3n) is 5.49. The summed E-state index contributed by atoms with van der Waals surface area (Å²) in [5, 5.41) is 6.36. The molecule has 4 aromatic carbocycles. The van der Waals surface area contributed by atoms with E-state index >= 15 is 0 Å². The number of allylic oxidation sites excluding steroid dienone is 4. The van der Waals surface area contributed by atoms with Gasteiger partial charge in [0, 0.05) is 23.8 Å². The second kappa shape index (κ2) is 13.7. The molecular formula is C33H29N3O2. The van der Waals surface area contributed by atoms with Crippen LogP contribution < -0.4 is 21.1 Å². The summed E-state index contributed by atoms with van der Waals surface area (Å²) < 4.78 is 5.57. The Bertz CT molecular complexity index is 1410. The van der Waals surface area contributed by atoms with E-state index in [1.165, 1.54) is 11.1 Å². The molecule has 0 radical (unpaired) electrons. The second-order valence-electron chi connectivity index (χ2n) is 8.18. The summed E-state index contributed by atoms with van der Waals surface area (Å²) in [5.74, 6) is 0.656. The van der Waals surface area contributed by atoms with Crippen LogP contribution in [0, 0.1) is 0 Å². The Labute approximate surface area is 223 Å². The Kier molecular flexibility index (Phi) is 9.30. The van der Waals surface area contributed by atoms with E-state index in [1.807, 2.05) is 91.3 Å². The number of carbonyl (C=O) groups is 1. The minimum atomic E-state index is -0.494. The molecule has 38 heavy (non-hydrogen) atoms. The molecule has 0 fully saturated rings. The molecule has 2 aliphatic rings. The summed E-state index contributed by atoms with van der Waals surface area (Å²) in [4.78, 5) is 11.2. The molecule has 0 saturated heterocycles. The average Bonchev–Trinajstić information content (AvgIpc) is 3.35. The maximum atomic E-state index is 11.2. The van der Waals surface area contributed by atoms with Crippen LogP contribution in [0.5, 0.6) is 11.5 Å². The molecule has 1 amide bonds. The van der Waals surface area contributed by atoms with E-state index < -0.39 is 5.91 Å².